The Morgan fingerprint density at radius 3 is 2.57 bits per heavy atom. The minimum Gasteiger partial charge on any atom is -0.468 e. The van der Waals surface area contributed by atoms with E-state index in [0.29, 0.717) is 16.3 Å². The van der Waals surface area contributed by atoms with Gasteiger partial charge in [-0.3, -0.25) is 9.89 Å². The van der Waals surface area contributed by atoms with Crippen LogP contribution in [-0.4, -0.2) is 33.9 Å². The lowest BCUT2D eigenvalue weighted by molar-refractivity contribution is -0.154. The summed E-state index contributed by atoms with van der Waals surface area (Å²) < 4.78 is 42.4. The van der Waals surface area contributed by atoms with Crippen molar-refractivity contribution in [1.82, 2.24) is 15.2 Å². The number of amides is 1. The lowest BCUT2D eigenvalue weighted by atomic mass is 10.1. The summed E-state index contributed by atoms with van der Waals surface area (Å²) in [6, 6.07) is 9.43. The van der Waals surface area contributed by atoms with Crippen molar-refractivity contribution < 1.29 is 22.7 Å². The molecule has 3 rings (SSSR count). The molecule has 28 heavy (non-hydrogen) atoms. The molecule has 0 atom stereocenters. The van der Waals surface area contributed by atoms with Gasteiger partial charge < -0.3 is 10.1 Å². The van der Waals surface area contributed by atoms with Crippen LogP contribution in [-0.2, 0) is 0 Å². The van der Waals surface area contributed by atoms with Crippen LogP contribution in [0.5, 0.6) is 5.88 Å². The number of aromatic amines is 1. The number of hydrogen-bond acceptors (Lipinski definition) is 4. The van der Waals surface area contributed by atoms with Gasteiger partial charge in [0.25, 0.3) is 5.91 Å². The number of carbonyl (C=O) groups excluding carboxylic acids is 1. The van der Waals surface area contributed by atoms with Gasteiger partial charge in [-0.1, -0.05) is 23.7 Å². The van der Waals surface area contributed by atoms with Crippen LogP contribution in [0.1, 0.15) is 16.2 Å². The lowest BCUT2D eigenvalue weighted by Crippen LogP contribution is -2.20. The van der Waals surface area contributed by atoms with Crippen molar-refractivity contribution in [2.45, 2.75) is 13.1 Å². The summed E-state index contributed by atoms with van der Waals surface area (Å²) in [7, 11) is 0. The van der Waals surface area contributed by atoms with E-state index in [1.165, 1.54) is 12.3 Å². The average molecular weight is 411 g/mol. The number of aryl methyl sites for hydroxylation is 1. The molecule has 2 heterocycles. The molecule has 0 fully saturated rings. The average Bonchev–Trinajstić information content (AvgIpc) is 3.07. The lowest BCUT2D eigenvalue weighted by Gasteiger charge is -2.14. The van der Waals surface area contributed by atoms with Crippen molar-refractivity contribution in [3.63, 3.8) is 0 Å². The van der Waals surface area contributed by atoms with Crippen LogP contribution in [0.2, 0.25) is 5.02 Å². The first-order valence-electron chi connectivity index (χ1n) is 8.00. The van der Waals surface area contributed by atoms with E-state index in [0.717, 1.165) is 0 Å². The molecule has 0 bridgehead atoms. The Kier molecular flexibility index (Phi) is 5.55. The summed E-state index contributed by atoms with van der Waals surface area (Å²) in [6.45, 7) is 0.260. The third kappa shape index (κ3) is 5.01. The van der Waals surface area contributed by atoms with Crippen LogP contribution < -0.4 is 10.1 Å². The molecular formula is C18H14ClF3N4O2. The van der Waals surface area contributed by atoms with Crippen molar-refractivity contribution >= 4 is 23.2 Å². The second kappa shape index (κ2) is 7.89. The van der Waals surface area contributed by atoms with Gasteiger partial charge in [0.15, 0.2) is 12.3 Å². The zero-order chi connectivity index (χ0) is 20.3. The Balaban J connectivity index is 1.91. The number of rotatable bonds is 5. The van der Waals surface area contributed by atoms with Gasteiger partial charge in [0.05, 0.1) is 11.9 Å². The van der Waals surface area contributed by atoms with E-state index in [1.54, 1.807) is 37.3 Å². The normalized spacial score (nSPS) is 11.3. The molecule has 1 amide bonds. The van der Waals surface area contributed by atoms with E-state index in [1.807, 2.05) is 0 Å². The molecule has 0 unspecified atom stereocenters. The Bertz CT molecular complexity index is 987. The second-order valence-corrected chi connectivity index (χ2v) is 6.31. The number of aromatic nitrogens is 3. The molecule has 0 saturated heterocycles. The predicted octanol–water partition coefficient (Wildman–Crippen LogP) is 4.63. The fourth-order valence-corrected chi connectivity index (χ4v) is 2.48. The van der Waals surface area contributed by atoms with Gasteiger partial charge in [-0.2, -0.15) is 18.3 Å². The van der Waals surface area contributed by atoms with Crippen LogP contribution >= 0.6 is 11.6 Å². The molecule has 6 nitrogen and oxygen atoms in total. The molecule has 0 aliphatic carbocycles. The Morgan fingerprint density at radius 2 is 1.96 bits per heavy atom. The van der Waals surface area contributed by atoms with Gasteiger partial charge in [-0.05, 0) is 36.8 Å². The number of carbonyl (C=O) groups is 1. The van der Waals surface area contributed by atoms with Gasteiger partial charge in [0.1, 0.15) is 0 Å². The smallest absolute Gasteiger partial charge is 0.422 e. The zero-order valence-corrected chi connectivity index (χ0v) is 15.2. The number of halogens is 4. The van der Waals surface area contributed by atoms with Crippen molar-refractivity contribution in [1.29, 1.82) is 0 Å². The maximum Gasteiger partial charge on any atom is 0.422 e. The molecule has 146 valence electrons. The standard InChI is InChI=1S/C18H14ClF3N4O2/c1-10-6-15(26-25-10)16(27)24-13-7-14(11-2-4-12(19)5-3-11)17(23-8-13)28-9-18(20,21)22/h2-8H,9H2,1H3,(H,24,27)(H,25,26). The van der Waals surface area contributed by atoms with Gasteiger partial charge >= 0.3 is 6.18 Å². The molecule has 0 aliphatic heterocycles. The first kappa shape index (κ1) is 19.7. The predicted molar refractivity (Wildman–Crippen MR) is 97.5 cm³/mol. The highest BCUT2D eigenvalue weighted by Crippen LogP contribution is 2.32. The van der Waals surface area contributed by atoms with Gasteiger partial charge in [0, 0.05) is 16.3 Å². The number of anilines is 1. The number of hydrogen-bond donors (Lipinski definition) is 2. The fraction of sp³-hybridized carbons (Fsp3) is 0.167. The third-order valence-corrected chi connectivity index (χ3v) is 3.83. The summed E-state index contributed by atoms with van der Waals surface area (Å²) in [5, 5.41) is 9.58. The number of nitrogens with zero attached hydrogens (tertiary/aromatic N) is 2. The molecule has 2 N–H and O–H groups in total. The number of alkyl halides is 3. The van der Waals surface area contributed by atoms with E-state index >= 15 is 0 Å². The van der Waals surface area contributed by atoms with Gasteiger partial charge in [0.2, 0.25) is 5.88 Å². The molecule has 0 radical (unpaired) electrons. The number of ether oxygens (including phenoxy) is 1. The van der Waals surface area contributed by atoms with Gasteiger partial charge in [-0.15, -0.1) is 0 Å². The topological polar surface area (TPSA) is 79.9 Å². The van der Waals surface area contributed by atoms with E-state index in [-0.39, 0.29) is 22.8 Å². The van der Waals surface area contributed by atoms with Crippen molar-refractivity contribution in [2.24, 2.45) is 0 Å². The Morgan fingerprint density at radius 1 is 1.25 bits per heavy atom. The van der Waals surface area contributed by atoms with Crippen molar-refractivity contribution in [3.8, 4) is 17.0 Å². The van der Waals surface area contributed by atoms with Crippen LogP contribution in [0, 0.1) is 6.92 Å². The summed E-state index contributed by atoms with van der Waals surface area (Å²) >= 11 is 5.87. The van der Waals surface area contributed by atoms with Gasteiger partial charge in [-0.25, -0.2) is 4.98 Å². The molecular weight excluding hydrogens is 397 g/mol. The molecule has 0 spiro atoms. The number of pyridine rings is 1. The second-order valence-electron chi connectivity index (χ2n) is 5.88. The number of H-pyrrole nitrogens is 1. The van der Waals surface area contributed by atoms with E-state index < -0.39 is 18.7 Å². The summed E-state index contributed by atoms with van der Waals surface area (Å²) in [5.74, 6) is -0.703. The maximum atomic E-state index is 12.5. The largest absolute Gasteiger partial charge is 0.468 e. The molecule has 3 aromatic rings. The molecule has 10 heteroatoms. The molecule has 0 saturated carbocycles. The van der Waals surface area contributed by atoms with Crippen LogP contribution in [0.4, 0.5) is 18.9 Å². The summed E-state index contributed by atoms with van der Waals surface area (Å²) in [5.41, 5.74) is 1.96. The molecule has 2 aromatic heterocycles. The van der Waals surface area contributed by atoms with Crippen LogP contribution in [0.25, 0.3) is 11.1 Å². The minimum atomic E-state index is -4.51. The van der Waals surface area contributed by atoms with E-state index in [9.17, 15) is 18.0 Å². The highest BCUT2D eigenvalue weighted by atomic mass is 35.5. The molecule has 0 aliphatic rings. The highest BCUT2D eigenvalue weighted by molar-refractivity contribution is 6.30. The monoisotopic (exact) mass is 410 g/mol. The summed E-state index contributed by atoms with van der Waals surface area (Å²) in [6.07, 6.45) is -3.30. The zero-order valence-electron chi connectivity index (χ0n) is 14.5. The SMILES string of the molecule is Cc1cc(C(=O)Nc2cnc(OCC(F)(F)F)c(-c3ccc(Cl)cc3)c2)n[nH]1. The van der Waals surface area contributed by atoms with Crippen molar-refractivity contribution in [3.05, 3.63) is 59.0 Å². The third-order valence-electron chi connectivity index (χ3n) is 3.58. The quantitative estimate of drug-likeness (QED) is 0.642. The Labute approximate surface area is 162 Å². The minimum absolute atomic E-state index is 0.169. The van der Waals surface area contributed by atoms with E-state index in [2.05, 4.69) is 20.5 Å². The van der Waals surface area contributed by atoms with E-state index in [4.69, 9.17) is 16.3 Å². The first-order valence-corrected chi connectivity index (χ1v) is 8.38. The number of benzene rings is 1. The number of nitrogens with one attached hydrogen (secondary N) is 2. The molecule has 1 aromatic carbocycles. The fourth-order valence-electron chi connectivity index (χ4n) is 2.35. The van der Waals surface area contributed by atoms with Crippen LogP contribution in [0.15, 0.2) is 42.6 Å². The summed E-state index contributed by atoms with van der Waals surface area (Å²) in [4.78, 5) is 16.2. The Hall–Kier alpha value is -3.07. The first-order chi connectivity index (χ1) is 13.2. The van der Waals surface area contributed by atoms with Crippen LogP contribution in [0.3, 0.4) is 0 Å². The maximum absolute atomic E-state index is 12.5. The van der Waals surface area contributed by atoms with Crippen molar-refractivity contribution in [2.75, 3.05) is 11.9 Å². The highest BCUT2D eigenvalue weighted by Gasteiger charge is 2.29.